The number of anilines is 2. The molecule has 1 aromatic carbocycles. The second kappa shape index (κ2) is 14.3. The maximum Gasteiger partial charge on any atom is 0.459 e. The second-order valence-electron chi connectivity index (χ2n) is 11.1. The molecule has 0 aliphatic carbocycles. The number of nitrogen functional groups attached to an aromatic ring is 2. The number of esters is 2. The number of para-hydroxylation sites is 1. The first-order valence-corrected chi connectivity index (χ1v) is 16.2. The van der Waals surface area contributed by atoms with Crippen LogP contribution in [0.25, 0.3) is 11.2 Å². The predicted octanol–water partition coefficient (Wildman–Crippen LogP) is 1.63. The highest BCUT2D eigenvalue weighted by Gasteiger charge is 2.54. The van der Waals surface area contributed by atoms with Gasteiger partial charge in [0.1, 0.15) is 35.1 Å². The Hall–Kier alpha value is -3.86. The summed E-state index contributed by atoms with van der Waals surface area (Å²) in [5, 5.41) is 25.0. The van der Waals surface area contributed by atoms with Gasteiger partial charge in [0.15, 0.2) is 17.7 Å². The SMILES string of the molecule is CCOC(=O)CCc1ccccc1OP(=O)(N[C@@H](C)C(=O)OC(C)C)OC[C@H]1O[C@@H](n2cnc3c(N)nc(N)nc32)[C@](C)(O)[C@H]1O. The van der Waals surface area contributed by atoms with Crippen LogP contribution in [0.4, 0.5) is 11.8 Å². The van der Waals surface area contributed by atoms with E-state index >= 15 is 0 Å². The Kier molecular flexibility index (Phi) is 10.9. The fraction of sp³-hybridized carbons (Fsp3) is 0.536. The topological polar surface area (TPSA) is 245 Å². The molecule has 0 saturated carbocycles. The molecule has 46 heavy (non-hydrogen) atoms. The van der Waals surface area contributed by atoms with Crippen molar-refractivity contribution in [3.63, 3.8) is 0 Å². The van der Waals surface area contributed by atoms with Gasteiger partial charge >= 0.3 is 19.7 Å². The van der Waals surface area contributed by atoms with Gasteiger partial charge in [-0.1, -0.05) is 18.2 Å². The van der Waals surface area contributed by atoms with Crippen LogP contribution >= 0.6 is 7.75 Å². The number of nitrogens with two attached hydrogens (primary N) is 2. The maximum absolute atomic E-state index is 14.2. The molecule has 2 aromatic heterocycles. The number of aliphatic hydroxyl groups excluding tert-OH is 1. The summed E-state index contributed by atoms with van der Waals surface area (Å²) >= 11 is 0. The average molecular weight is 666 g/mol. The van der Waals surface area contributed by atoms with Crippen LogP contribution in [0.15, 0.2) is 30.6 Å². The molecule has 17 nitrogen and oxygen atoms in total. The average Bonchev–Trinajstić information content (AvgIpc) is 3.48. The highest BCUT2D eigenvalue weighted by atomic mass is 31.2. The molecule has 7 N–H and O–H groups in total. The van der Waals surface area contributed by atoms with Crippen molar-refractivity contribution < 1.29 is 47.6 Å². The number of hydrogen-bond acceptors (Lipinski definition) is 15. The molecule has 1 unspecified atom stereocenters. The minimum Gasteiger partial charge on any atom is -0.466 e. The number of carbonyl (C=O) groups excluding carboxylic acids is 2. The van der Waals surface area contributed by atoms with E-state index in [4.69, 9.17) is 34.7 Å². The van der Waals surface area contributed by atoms with Gasteiger partial charge < -0.3 is 40.4 Å². The molecular weight excluding hydrogens is 625 g/mol. The summed E-state index contributed by atoms with van der Waals surface area (Å²) in [5.41, 5.74) is 10.6. The summed E-state index contributed by atoms with van der Waals surface area (Å²) in [7, 11) is -4.45. The van der Waals surface area contributed by atoms with Gasteiger partial charge in [-0.3, -0.25) is 18.7 Å². The second-order valence-corrected chi connectivity index (χ2v) is 12.8. The van der Waals surface area contributed by atoms with Crippen LogP contribution in [0.5, 0.6) is 5.75 Å². The van der Waals surface area contributed by atoms with Crippen molar-refractivity contribution in [2.24, 2.45) is 0 Å². The quantitative estimate of drug-likeness (QED) is 0.121. The Morgan fingerprint density at radius 2 is 1.93 bits per heavy atom. The first-order valence-electron chi connectivity index (χ1n) is 14.6. The number of nitrogens with one attached hydrogen (secondary N) is 1. The molecule has 4 rings (SSSR count). The number of aliphatic hydroxyl groups is 2. The number of carbonyl (C=O) groups is 2. The number of rotatable bonds is 14. The fourth-order valence-corrected chi connectivity index (χ4v) is 6.33. The zero-order valence-electron chi connectivity index (χ0n) is 26.2. The zero-order valence-corrected chi connectivity index (χ0v) is 27.0. The van der Waals surface area contributed by atoms with Crippen LogP contribution in [0, 0.1) is 0 Å². The van der Waals surface area contributed by atoms with E-state index in [1.807, 2.05) is 0 Å². The monoisotopic (exact) mass is 665 g/mol. The van der Waals surface area contributed by atoms with Gasteiger partial charge in [0.05, 0.1) is 25.6 Å². The highest BCUT2D eigenvalue weighted by Crippen LogP contribution is 2.48. The smallest absolute Gasteiger partial charge is 0.459 e. The first kappa shape index (κ1) is 35.0. The molecule has 3 heterocycles. The number of imidazole rings is 1. The molecule has 0 bridgehead atoms. The normalized spacial score (nSPS) is 23.3. The number of nitrogens with zero attached hydrogens (tertiary/aromatic N) is 4. The number of benzene rings is 1. The van der Waals surface area contributed by atoms with Crippen LogP contribution in [0.3, 0.4) is 0 Å². The van der Waals surface area contributed by atoms with Gasteiger partial charge in [0, 0.05) is 6.42 Å². The van der Waals surface area contributed by atoms with Crippen LogP contribution in [-0.2, 0) is 39.3 Å². The highest BCUT2D eigenvalue weighted by molar-refractivity contribution is 7.52. The van der Waals surface area contributed by atoms with E-state index in [2.05, 4.69) is 20.0 Å². The summed E-state index contributed by atoms with van der Waals surface area (Å²) in [4.78, 5) is 36.8. The lowest BCUT2D eigenvalue weighted by atomic mass is 9.96. The van der Waals surface area contributed by atoms with Gasteiger partial charge in [-0.15, -0.1) is 0 Å². The first-order chi connectivity index (χ1) is 21.6. The van der Waals surface area contributed by atoms with E-state index in [9.17, 15) is 24.4 Å². The molecule has 252 valence electrons. The lowest BCUT2D eigenvalue weighted by Gasteiger charge is -2.27. The van der Waals surface area contributed by atoms with Crippen molar-refractivity contribution in [2.45, 2.75) is 83.6 Å². The van der Waals surface area contributed by atoms with Crippen LogP contribution in [-0.4, -0.2) is 84.8 Å². The molecular formula is C28H40N7O10P. The lowest BCUT2D eigenvalue weighted by Crippen LogP contribution is -2.44. The molecule has 0 amide bonds. The Balaban J connectivity index is 1.58. The number of aryl methyl sites for hydroxylation is 1. The third kappa shape index (κ3) is 7.92. The lowest BCUT2D eigenvalue weighted by molar-refractivity contribution is -0.149. The third-order valence-electron chi connectivity index (χ3n) is 7.03. The molecule has 18 heteroatoms. The maximum atomic E-state index is 14.2. The third-order valence-corrected chi connectivity index (χ3v) is 8.66. The molecule has 1 saturated heterocycles. The van der Waals surface area contributed by atoms with E-state index < -0.39 is 62.5 Å². The Labute approximate surface area is 265 Å². The fourth-order valence-electron chi connectivity index (χ4n) is 4.79. The summed E-state index contributed by atoms with van der Waals surface area (Å²) in [6.45, 7) is 7.43. The zero-order chi connectivity index (χ0) is 33.8. The molecule has 3 aromatic rings. The minimum atomic E-state index is -4.45. The number of fused-ring (bicyclic) bond motifs is 1. The van der Waals surface area contributed by atoms with Crippen LogP contribution < -0.4 is 21.1 Å². The van der Waals surface area contributed by atoms with E-state index in [0.717, 1.165) is 0 Å². The number of hydrogen-bond donors (Lipinski definition) is 5. The Morgan fingerprint density at radius 1 is 1.22 bits per heavy atom. The molecule has 0 spiro atoms. The van der Waals surface area contributed by atoms with Crippen molar-refractivity contribution in [3.05, 3.63) is 36.2 Å². The Bertz CT molecular complexity index is 1600. The largest absolute Gasteiger partial charge is 0.466 e. The van der Waals surface area contributed by atoms with Crippen molar-refractivity contribution in [1.29, 1.82) is 0 Å². The van der Waals surface area contributed by atoms with Crippen molar-refractivity contribution in [2.75, 3.05) is 24.7 Å². The Morgan fingerprint density at radius 3 is 2.63 bits per heavy atom. The molecule has 1 aliphatic rings. The summed E-state index contributed by atoms with van der Waals surface area (Å²) in [6.07, 6.45) is -3.00. The van der Waals surface area contributed by atoms with E-state index in [1.54, 1.807) is 39.0 Å². The molecule has 0 radical (unpaired) electrons. The standard InChI is InChI=1S/C28H40N7O10P/c1-6-41-20(36)12-11-17-9-7-8-10-18(17)45-46(40,34-16(4)25(38)43-15(2)3)42-13-19-22(37)28(5,39)26(44-19)35-14-31-21-23(29)32-27(30)33-24(21)35/h7-10,14-16,19,22,26,37,39H,6,11-13H2,1-5H3,(H,34,40)(H4,29,30,32,33)/t16-,19+,22-,26+,28+,46?/m0/s1. The van der Waals surface area contributed by atoms with Crippen molar-refractivity contribution >= 4 is 42.6 Å². The van der Waals surface area contributed by atoms with Crippen molar-refractivity contribution in [1.82, 2.24) is 24.6 Å². The van der Waals surface area contributed by atoms with E-state index in [-0.39, 0.29) is 48.1 Å². The summed E-state index contributed by atoms with van der Waals surface area (Å²) < 4.78 is 43.4. The molecule has 1 aliphatic heterocycles. The predicted molar refractivity (Wildman–Crippen MR) is 164 cm³/mol. The van der Waals surface area contributed by atoms with Gasteiger partial charge in [-0.2, -0.15) is 15.1 Å². The van der Waals surface area contributed by atoms with E-state index in [0.29, 0.717) is 5.56 Å². The van der Waals surface area contributed by atoms with Crippen LogP contribution in [0.1, 0.15) is 52.8 Å². The van der Waals surface area contributed by atoms with Gasteiger partial charge in [-0.25, -0.2) is 9.55 Å². The van der Waals surface area contributed by atoms with Crippen molar-refractivity contribution in [3.8, 4) is 5.75 Å². The molecule has 6 atom stereocenters. The van der Waals surface area contributed by atoms with E-state index in [1.165, 1.54) is 30.8 Å². The minimum absolute atomic E-state index is 0.0103. The van der Waals surface area contributed by atoms with Gasteiger partial charge in [-0.05, 0) is 52.7 Å². The van der Waals surface area contributed by atoms with Crippen LogP contribution in [0.2, 0.25) is 0 Å². The number of aromatic nitrogens is 4. The van der Waals surface area contributed by atoms with Gasteiger partial charge in [0.2, 0.25) is 5.95 Å². The van der Waals surface area contributed by atoms with Gasteiger partial charge in [0.25, 0.3) is 0 Å². The summed E-state index contributed by atoms with van der Waals surface area (Å²) in [5.74, 6) is -1.15. The molecule has 1 fully saturated rings. The number of ether oxygens (including phenoxy) is 3. The summed E-state index contributed by atoms with van der Waals surface area (Å²) in [6, 6.07) is 5.40.